The Morgan fingerprint density at radius 2 is 2.12 bits per heavy atom. The molecule has 1 N–H and O–H groups in total. The largest absolute Gasteiger partial charge is 0.465 e. The fourth-order valence-corrected chi connectivity index (χ4v) is 3.49. The van der Waals surface area contributed by atoms with E-state index in [0.717, 1.165) is 50.8 Å². The van der Waals surface area contributed by atoms with E-state index < -0.39 is 0 Å². The molecule has 0 radical (unpaired) electrons. The molecule has 26 heavy (non-hydrogen) atoms. The predicted octanol–water partition coefficient (Wildman–Crippen LogP) is 4.95. The molecule has 0 saturated heterocycles. The number of halogens is 1. The van der Waals surface area contributed by atoms with Gasteiger partial charge in [-0.1, -0.05) is 40.7 Å². The first-order chi connectivity index (χ1) is 12.6. The van der Waals surface area contributed by atoms with Crippen LogP contribution in [0.5, 0.6) is 0 Å². The van der Waals surface area contributed by atoms with Gasteiger partial charge in [-0.3, -0.25) is 4.79 Å². The molecule has 4 rings (SSSR count). The van der Waals surface area contributed by atoms with E-state index in [-0.39, 0.29) is 5.91 Å². The Labute approximate surface area is 159 Å². The van der Waals surface area contributed by atoms with Gasteiger partial charge in [0, 0.05) is 16.4 Å². The highest BCUT2D eigenvalue weighted by Crippen LogP contribution is 2.37. The number of aromatic nitrogens is 1. The molecular formula is C21H17BrN2O2. The highest BCUT2D eigenvalue weighted by atomic mass is 79.9. The number of pyridine rings is 1. The van der Waals surface area contributed by atoms with Crippen LogP contribution in [-0.2, 0) is 6.42 Å². The molecule has 2 aromatic heterocycles. The second-order valence-corrected chi connectivity index (χ2v) is 7.34. The van der Waals surface area contributed by atoms with Crippen LogP contribution in [0.25, 0.3) is 22.6 Å². The Morgan fingerprint density at radius 1 is 1.27 bits per heavy atom. The molecule has 4 nitrogen and oxygen atoms in total. The SMILES string of the molecule is C=C(Br)CNC(=O)c1c2c(nc3ccccc13)C(=Cc1ccco1)CC2. The van der Waals surface area contributed by atoms with Crippen molar-refractivity contribution >= 4 is 44.4 Å². The molecule has 0 atom stereocenters. The van der Waals surface area contributed by atoms with Gasteiger partial charge < -0.3 is 9.73 Å². The Morgan fingerprint density at radius 3 is 2.88 bits per heavy atom. The lowest BCUT2D eigenvalue weighted by Crippen LogP contribution is -2.26. The third kappa shape index (κ3) is 3.10. The van der Waals surface area contributed by atoms with Crippen molar-refractivity contribution in [3.63, 3.8) is 0 Å². The molecule has 0 saturated carbocycles. The van der Waals surface area contributed by atoms with Gasteiger partial charge in [-0.25, -0.2) is 4.98 Å². The van der Waals surface area contributed by atoms with E-state index in [9.17, 15) is 4.79 Å². The molecule has 0 bridgehead atoms. The summed E-state index contributed by atoms with van der Waals surface area (Å²) in [4.78, 5) is 17.7. The quantitative estimate of drug-likeness (QED) is 0.663. The van der Waals surface area contributed by atoms with Crippen molar-refractivity contribution in [2.45, 2.75) is 12.8 Å². The smallest absolute Gasteiger partial charge is 0.252 e. The molecule has 5 heteroatoms. The highest BCUT2D eigenvalue weighted by Gasteiger charge is 2.26. The Balaban J connectivity index is 1.86. The number of carbonyl (C=O) groups excluding carboxylic acids is 1. The Bertz CT molecular complexity index is 1040. The maximum absolute atomic E-state index is 12.9. The second-order valence-electron chi connectivity index (χ2n) is 6.22. The number of nitrogens with one attached hydrogen (secondary N) is 1. The minimum absolute atomic E-state index is 0.0975. The number of rotatable bonds is 4. The first-order valence-electron chi connectivity index (χ1n) is 8.41. The number of allylic oxidation sites excluding steroid dienone is 1. The van der Waals surface area contributed by atoms with Crippen LogP contribution in [-0.4, -0.2) is 17.4 Å². The van der Waals surface area contributed by atoms with Crippen molar-refractivity contribution in [3.8, 4) is 0 Å². The molecule has 1 aliphatic rings. The molecule has 1 amide bonds. The summed E-state index contributed by atoms with van der Waals surface area (Å²) in [5.74, 6) is 0.698. The van der Waals surface area contributed by atoms with Crippen LogP contribution in [0.1, 0.15) is 33.8 Å². The zero-order chi connectivity index (χ0) is 18.1. The van der Waals surface area contributed by atoms with E-state index in [4.69, 9.17) is 9.40 Å². The molecule has 2 heterocycles. The topological polar surface area (TPSA) is 55.1 Å². The molecule has 1 aliphatic carbocycles. The van der Waals surface area contributed by atoms with Gasteiger partial charge in [0.1, 0.15) is 5.76 Å². The number of furan rings is 1. The summed E-state index contributed by atoms with van der Waals surface area (Å²) in [6, 6.07) is 11.6. The maximum atomic E-state index is 12.9. The highest BCUT2D eigenvalue weighted by molar-refractivity contribution is 9.11. The average molecular weight is 409 g/mol. The van der Waals surface area contributed by atoms with Gasteiger partial charge in [-0.15, -0.1) is 0 Å². The van der Waals surface area contributed by atoms with E-state index in [1.165, 1.54) is 0 Å². The normalized spacial score (nSPS) is 14.6. The number of fused-ring (bicyclic) bond motifs is 2. The van der Waals surface area contributed by atoms with E-state index in [1.807, 2.05) is 42.5 Å². The molecular weight excluding hydrogens is 392 g/mol. The molecule has 0 spiro atoms. The van der Waals surface area contributed by atoms with Crippen LogP contribution < -0.4 is 5.32 Å². The molecule has 3 aromatic rings. The van der Waals surface area contributed by atoms with Gasteiger partial charge in [0.05, 0.1) is 23.0 Å². The van der Waals surface area contributed by atoms with Crippen molar-refractivity contribution in [3.05, 3.63) is 76.3 Å². The van der Waals surface area contributed by atoms with Crippen molar-refractivity contribution < 1.29 is 9.21 Å². The molecule has 130 valence electrons. The van der Waals surface area contributed by atoms with Crippen LogP contribution in [0, 0.1) is 0 Å². The first kappa shape index (κ1) is 16.8. The van der Waals surface area contributed by atoms with Gasteiger partial charge in [-0.05, 0) is 48.3 Å². The van der Waals surface area contributed by atoms with E-state index in [2.05, 4.69) is 27.8 Å². The lowest BCUT2D eigenvalue weighted by Gasteiger charge is -2.12. The zero-order valence-corrected chi connectivity index (χ0v) is 15.7. The summed E-state index contributed by atoms with van der Waals surface area (Å²) in [6.07, 6.45) is 5.29. The average Bonchev–Trinajstić information content (AvgIpc) is 3.28. The third-order valence-corrected chi connectivity index (χ3v) is 4.75. The zero-order valence-electron chi connectivity index (χ0n) is 14.1. The third-order valence-electron chi connectivity index (χ3n) is 4.47. The maximum Gasteiger partial charge on any atom is 0.252 e. The van der Waals surface area contributed by atoms with Crippen LogP contribution in [0.3, 0.4) is 0 Å². The lowest BCUT2D eigenvalue weighted by atomic mass is 10.00. The second kappa shape index (κ2) is 6.92. The van der Waals surface area contributed by atoms with Gasteiger partial charge in [-0.2, -0.15) is 0 Å². The molecule has 0 fully saturated rings. The number of para-hydroxylation sites is 1. The summed E-state index contributed by atoms with van der Waals surface area (Å²) < 4.78 is 6.18. The minimum atomic E-state index is -0.0975. The summed E-state index contributed by atoms with van der Waals surface area (Å²) >= 11 is 3.29. The standard InChI is InChI=1S/C21H17BrN2O2/c1-13(22)12-23-21(25)19-16-6-2-3-7-18(16)24-20-14(8-9-17(19)20)11-15-5-4-10-26-15/h2-7,10-11H,1,8-9,12H2,(H,23,25). The number of benzene rings is 1. The van der Waals surface area contributed by atoms with Crippen molar-refractivity contribution in [1.29, 1.82) is 0 Å². The van der Waals surface area contributed by atoms with Gasteiger partial charge >= 0.3 is 0 Å². The van der Waals surface area contributed by atoms with E-state index >= 15 is 0 Å². The van der Waals surface area contributed by atoms with Crippen LogP contribution in [0.2, 0.25) is 0 Å². The lowest BCUT2D eigenvalue weighted by molar-refractivity contribution is 0.0958. The Kier molecular flexibility index (Phi) is 4.47. The number of hydrogen-bond donors (Lipinski definition) is 1. The number of hydrogen-bond acceptors (Lipinski definition) is 3. The summed E-state index contributed by atoms with van der Waals surface area (Å²) in [5, 5.41) is 3.81. The van der Waals surface area contributed by atoms with Crippen molar-refractivity contribution in [2.75, 3.05) is 6.54 Å². The fourth-order valence-electron chi connectivity index (χ4n) is 3.35. The van der Waals surface area contributed by atoms with Gasteiger partial charge in [0.25, 0.3) is 5.91 Å². The number of nitrogens with zero attached hydrogens (tertiary/aromatic N) is 1. The summed E-state index contributed by atoms with van der Waals surface area (Å²) in [5.41, 5.74) is 4.52. The van der Waals surface area contributed by atoms with Crippen LogP contribution >= 0.6 is 15.9 Å². The summed E-state index contributed by atoms with van der Waals surface area (Å²) in [6.45, 7) is 4.17. The number of amides is 1. The molecule has 0 unspecified atom stereocenters. The fraction of sp³-hybridized carbons (Fsp3) is 0.143. The van der Waals surface area contributed by atoms with E-state index in [1.54, 1.807) is 6.26 Å². The monoisotopic (exact) mass is 408 g/mol. The molecule has 0 aliphatic heterocycles. The van der Waals surface area contributed by atoms with Gasteiger partial charge in [0.15, 0.2) is 0 Å². The predicted molar refractivity (Wildman–Crippen MR) is 107 cm³/mol. The summed E-state index contributed by atoms with van der Waals surface area (Å²) in [7, 11) is 0. The van der Waals surface area contributed by atoms with E-state index in [0.29, 0.717) is 12.1 Å². The first-order valence-corrected chi connectivity index (χ1v) is 9.20. The van der Waals surface area contributed by atoms with Crippen molar-refractivity contribution in [2.24, 2.45) is 0 Å². The number of carbonyl (C=O) groups is 1. The molecule has 1 aromatic carbocycles. The van der Waals surface area contributed by atoms with Crippen LogP contribution in [0.15, 0.2) is 58.1 Å². The van der Waals surface area contributed by atoms with Crippen molar-refractivity contribution in [1.82, 2.24) is 10.3 Å². The Hall–Kier alpha value is -2.66. The van der Waals surface area contributed by atoms with Crippen LogP contribution in [0.4, 0.5) is 0 Å². The van der Waals surface area contributed by atoms with Gasteiger partial charge in [0.2, 0.25) is 0 Å². The minimum Gasteiger partial charge on any atom is -0.465 e.